The standard InChI is InChI=1S/C9H19NO/c1-2-3-9(10)6-8-4-5-11-7-8/h8-9H,2-7,10H2,1H3/t8?,9-/m1/s1. The molecule has 1 heterocycles. The topological polar surface area (TPSA) is 35.2 Å². The minimum atomic E-state index is 0.409. The molecule has 0 spiro atoms. The molecule has 1 rings (SSSR count). The number of hydrogen-bond acceptors (Lipinski definition) is 2. The Labute approximate surface area is 69.1 Å². The van der Waals surface area contributed by atoms with Gasteiger partial charge in [-0.2, -0.15) is 0 Å². The van der Waals surface area contributed by atoms with E-state index in [1.165, 1.54) is 12.8 Å². The second-order valence-electron chi connectivity index (χ2n) is 3.51. The second kappa shape index (κ2) is 4.73. The molecule has 1 unspecified atom stereocenters. The smallest absolute Gasteiger partial charge is 0.0495 e. The van der Waals surface area contributed by atoms with Crippen LogP contribution in [0.4, 0.5) is 0 Å². The molecular weight excluding hydrogens is 138 g/mol. The Kier molecular flexibility index (Phi) is 3.87. The molecule has 2 heteroatoms. The number of ether oxygens (including phenoxy) is 1. The largest absolute Gasteiger partial charge is 0.381 e. The molecule has 0 radical (unpaired) electrons. The zero-order valence-electron chi connectivity index (χ0n) is 7.38. The van der Waals surface area contributed by atoms with Crippen LogP contribution in [0.5, 0.6) is 0 Å². The quantitative estimate of drug-likeness (QED) is 0.672. The normalized spacial score (nSPS) is 27.3. The predicted octanol–water partition coefficient (Wildman–Crippen LogP) is 1.54. The van der Waals surface area contributed by atoms with E-state index in [2.05, 4.69) is 6.92 Å². The average molecular weight is 157 g/mol. The van der Waals surface area contributed by atoms with E-state index in [4.69, 9.17) is 10.5 Å². The SMILES string of the molecule is CCC[C@@H](N)CC1CCOC1. The summed E-state index contributed by atoms with van der Waals surface area (Å²) in [6.07, 6.45) is 4.75. The van der Waals surface area contributed by atoms with E-state index in [0.717, 1.165) is 32.0 Å². The van der Waals surface area contributed by atoms with Crippen LogP contribution in [0.3, 0.4) is 0 Å². The Hall–Kier alpha value is -0.0800. The summed E-state index contributed by atoms with van der Waals surface area (Å²) in [7, 11) is 0. The zero-order chi connectivity index (χ0) is 8.10. The Morgan fingerprint density at radius 3 is 3.00 bits per heavy atom. The van der Waals surface area contributed by atoms with Crippen LogP contribution in [0, 0.1) is 5.92 Å². The van der Waals surface area contributed by atoms with Crippen molar-refractivity contribution in [3.8, 4) is 0 Å². The third-order valence-corrected chi connectivity index (χ3v) is 2.32. The van der Waals surface area contributed by atoms with Crippen molar-refractivity contribution in [1.82, 2.24) is 0 Å². The molecule has 0 aromatic rings. The highest BCUT2D eigenvalue weighted by Crippen LogP contribution is 2.18. The molecule has 2 nitrogen and oxygen atoms in total. The van der Waals surface area contributed by atoms with Gasteiger partial charge >= 0.3 is 0 Å². The molecule has 0 aromatic heterocycles. The molecule has 11 heavy (non-hydrogen) atoms. The van der Waals surface area contributed by atoms with Gasteiger partial charge in [-0.1, -0.05) is 13.3 Å². The van der Waals surface area contributed by atoms with Crippen LogP contribution in [-0.4, -0.2) is 19.3 Å². The highest BCUT2D eigenvalue weighted by Gasteiger charge is 2.17. The van der Waals surface area contributed by atoms with Crippen molar-refractivity contribution in [3.05, 3.63) is 0 Å². The van der Waals surface area contributed by atoms with E-state index >= 15 is 0 Å². The van der Waals surface area contributed by atoms with E-state index in [0.29, 0.717) is 6.04 Å². The number of rotatable bonds is 4. The van der Waals surface area contributed by atoms with Crippen molar-refractivity contribution < 1.29 is 4.74 Å². The van der Waals surface area contributed by atoms with Crippen molar-refractivity contribution in [1.29, 1.82) is 0 Å². The molecular formula is C9H19NO. The summed E-state index contributed by atoms with van der Waals surface area (Å²) in [5.41, 5.74) is 5.91. The summed E-state index contributed by atoms with van der Waals surface area (Å²) in [4.78, 5) is 0. The first-order chi connectivity index (χ1) is 5.33. The van der Waals surface area contributed by atoms with Crippen LogP contribution >= 0.6 is 0 Å². The maximum Gasteiger partial charge on any atom is 0.0495 e. The Morgan fingerprint density at radius 1 is 1.64 bits per heavy atom. The van der Waals surface area contributed by atoms with Gasteiger partial charge in [-0.15, -0.1) is 0 Å². The van der Waals surface area contributed by atoms with Gasteiger partial charge in [0.05, 0.1) is 0 Å². The zero-order valence-corrected chi connectivity index (χ0v) is 7.38. The van der Waals surface area contributed by atoms with Crippen molar-refractivity contribution in [3.63, 3.8) is 0 Å². The van der Waals surface area contributed by atoms with E-state index in [1.54, 1.807) is 0 Å². The highest BCUT2D eigenvalue weighted by atomic mass is 16.5. The van der Waals surface area contributed by atoms with Crippen LogP contribution in [0.25, 0.3) is 0 Å². The minimum absolute atomic E-state index is 0.409. The molecule has 1 fully saturated rings. The molecule has 1 saturated heterocycles. The van der Waals surface area contributed by atoms with Gasteiger partial charge in [0.2, 0.25) is 0 Å². The molecule has 0 aromatic carbocycles. The van der Waals surface area contributed by atoms with Gasteiger partial charge < -0.3 is 10.5 Å². The van der Waals surface area contributed by atoms with E-state index in [-0.39, 0.29) is 0 Å². The first-order valence-electron chi connectivity index (χ1n) is 4.66. The fourth-order valence-electron chi connectivity index (χ4n) is 1.69. The van der Waals surface area contributed by atoms with Crippen molar-refractivity contribution >= 4 is 0 Å². The summed E-state index contributed by atoms with van der Waals surface area (Å²) in [6, 6.07) is 0.409. The first-order valence-corrected chi connectivity index (χ1v) is 4.66. The van der Waals surface area contributed by atoms with E-state index < -0.39 is 0 Å². The maximum atomic E-state index is 5.91. The van der Waals surface area contributed by atoms with Crippen molar-refractivity contribution in [2.75, 3.05) is 13.2 Å². The molecule has 0 aliphatic carbocycles. The van der Waals surface area contributed by atoms with Gasteiger partial charge in [0.25, 0.3) is 0 Å². The van der Waals surface area contributed by atoms with E-state index in [1.807, 2.05) is 0 Å². The van der Waals surface area contributed by atoms with Gasteiger partial charge in [-0.3, -0.25) is 0 Å². The van der Waals surface area contributed by atoms with Crippen molar-refractivity contribution in [2.45, 2.75) is 38.6 Å². The van der Waals surface area contributed by atoms with Gasteiger partial charge in [0.1, 0.15) is 0 Å². The summed E-state index contributed by atoms with van der Waals surface area (Å²) in [6.45, 7) is 4.08. The Morgan fingerprint density at radius 2 is 2.45 bits per heavy atom. The lowest BCUT2D eigenvalue weighted by molar-refractivity contribution is 0.182. The van der Waals surface area contributed by atoms with Gasteiger partial charge in [-0.05, 0) is 25.2 Å². The van der Waals surface area contributed by atoms with Gasteiger partial charge in [-0.25, -0.2) is 0 Å². The second-order valence-corrected chi connectivity index (χ2v) is 3.51. The van der Waals surface area contributed by atoms with Crippen LogP contribution in [-0.2, 0) is 4.74 Å². The summed E-state index contributed by atoms with van der Waals surface area (Å²) >= 11 is 0. The van der Waals surface area contributed by atoms with E-state index in [9.17, 15) is 0 Å². The molecule has 0 bridgehead atoms. The lowest BCUT2D eigenvalue weighted by Gasteiger charge is -2.13. The Balaban J connectivity index is 2.08. The molecule has 2 N–H and O–H groups in total. The van der Waals surface area contributed by atoms with Crippen LogP contribution in [0.1, 0.15) is 32.6 Å². The third kappa shape index (κ3) is 3.21. The predicted molar refractivity (Wildman–Crippen MR) is 46.4 cm³/mol. The van der Waals surface area contributed by atoms with Crippen LogP contribution in [0.15, 0.2) is 0 Å². The fraction of sp³-hybridized carbons (Fsp3) is 1.00. The summed E-state index contributed by atoms with van der Waals surface area (Å²) in [5, 5.41) is 0. The number of hydrogen-bond donors (Lipinski definition) is 1. The maximum absolute atomic E-state index is 5.91. The summed E-state index contributed by atoms with van der Waals surface area (Å²) in [5.74, 6) is 0.747. The molecule has 0 saturated carbocycles. The molecule has 0 amide bonds. The molecule has 1 aliphatic heterocycles. The third-order valence-electron chi connectivity index (χ3n) is 2.32. The fourth-order valence-corrected chi connectivity index (χ4v) is 1.69. The molecule has 2 atom stereocenters. The lowest BCUT2D eigenvalue weighted by Crippen LogP contribution is -2.23. The minimum Gasteiger partial charge on any atom is -0.381 e. The first kappa shape index (κ1) is 9.01. The molecule has 66 valence electrons. The lowest BCUT2D eigenvalue weighted by atomic mass is 9.97. The van der Waals surface area contributed by atoms with Gasteiger partial charge in [0, 0.05) is 19.3 Å². The Bertz CT molecular complexity index is 99.7. The molecule has 1 aliphatic rings. The number of nitrogens with two attached hydrogens (primary N) is 1. The van der Waals surface area contributed by atoms with Crippen LogP contribution in [0.2, 0.25) is 0 Å². The monoisotopic (exact) mass is 157 g/mol. The van der Waals surface area contributed by atoms with Crippen LogP contribution < -0.4 is 5.73 Å². The summed E-state index contributed by atoms with van der Waals surface area (Å²) < 4.78 is 5.28. The average Bonchev–Trinajstić information content (AvgIpc) is 2.40. The van der Waals surface area contributed by atoms with Gasteiger partial charge in [0.15, 0.2) is 0 Å². The highest BCUT2D eigenvalue weighted by molar-refractivity contribution is 4.71. The van der Waals surface area contributed by atoms with Crippen molar-refractivity contribution in [2.24, 2.45) is 11.7 Å².